The van der Waals surface area contributed by atoms with E-state index in [4.69, 9.17) is 4.74 Å². The van der Waals surface area contributed by atoms with Crippen molar-refractivity contribution in [1.29, 1.82) is 0 Å². The fraction of sp³-hybridized carbons (Fsp3) is 0.433. The van der Waals surface area contributed by atoms with Crippen molar-refractivity contribution >= 4 is 5.97 Å². The first-order chi connectivity index (χ1) is 16.1. The van der Waals surface area contributed by atoms with Crippen molar-refractivity contribution < 1.29 is 13.9 Å². The molecule has 172 valence electrons. The van der Waals surface area contributed by atoms with Gasteiger partial charge in [0.2, 0.25) is 0 Å². The Bertz CT molecular complexity index is 1040. The van der Waals surface area contributed by atoms with Crippen molar-refractivity contribution in [1.82, 2.24) is 0 Å². The second kappa shape index (κ2) is 12.9. The Labute approximate surface area is 197 Å². The molecule has 0 N–H and O–H groups in total. The van der Waals surface area contributed by atoms with Crippen LogP contribution in [0.4, 0.5) is 4.39 Å². The number of hydrogen-bond donors (Lipinski definition) is 0. The average molecular weight is 445 g/mol. The molecule has 0 amide bonds. The van der Waals surface area contributed by atoms with Gasteiger partial charge < -0.3 is 4.74 Å². The summed E-state index contributed by atoms with van der Waals surface area (Å²) in [6.45, 7) is 4.31. The zero-order chi connectivity index (χ0) is 23.5. The van der Waals surface area contributed by atoms with Crippen molar-refractivity contribution in [2.24, 2.45) is 11.8 Å². The topological polar surface area (TPSA) is 26.3 Å². The van der Waals surface area contributed by atoms with Gasteiger partial charge in [0, 0.05) is 23.6 Å². The van der Waals surface area contributed by atoms with Crippen molar-refractivity contribution in [3.8, 4) is 29.4 Å². The summed E-state index contributed by atoms with van der Waals surface area (Å²) in [6, 6.07) is 12.0. The minimum atomic E-state index is -0.488. The number of carbonyl (C=O) groups is 1. The van der Waals surface area contributed by atoms with E-state index in [-0.39, 0.29) is 23.2 Å². The smallest absolute Gasteiger partial charge is 0.314 e. The minimum absolute atomic E-state index is 0.0833. The number of esters is 1. The lowest BCUT2D eigenvalue weighted by molar-refractivity contribution is -0.140. The Morgan fingerprint density at radius 1 is 0.939 bits per heavy atom. The molecule has 1 saturated carbocycles. The van der Waals surface area contributed by atoms with Crippen LogP contribution in [-0.2, 0) is 4.79 Å². The first-order valence-corrected chi connectivity index (χ1v) is 12.2. The van der Waals surface area contributed by atoms with Crippen molar-refractivity contribution in [3.05, 3.63) is 65.0 Å². The third-order valence-electron chi connectivity index (χ3n) is 6.14. The highest BCUT2D eigenvalue weighted by Gasteiger charge is 2.27. The van der Waals surface area contributed by atoms with Crippen LogP contribution in [-0.4, -0.2) is 5.97 Å². The lowest BCUT2D eigenvalue weighted by Gasteiger charge is -2.27. The number of benzene rings is 2. The summed E-state index contributed by atoms with van der Waals surface area (Å²) in [6.07, 6.45) is 9.53. The van der Waals surface area contributed by atoms with E-state index in [0.29, 0.717) is 0 Å². The fourth-order valence-corrected chi connectivity index (χ4v) is 4.11. The molecule has 2 aromatic carbocycles. The number of ether oxygens (including phenoxy) is 1. The van der Waals surface area contributed by atoms with Crippen LogP contribution in [0.15, 0.2) is 42.5 Å². The van der Waals surface area contributed by atoms with Gasteiger partial charge in [-0.15, -0.1) is 0 Å². The largest absolute Gasteiger partial charge is 0.426 e. The predicted octanol–water partition coefficient (Wildman–Crippen LogP) is 7.28. The first-order valence-electron chi connectivity index (χ1n) is 12.2. The number of halogens is 1. The highest BCUT2D eigenvalue weighted by Crippen LogP contribution is 2.33. The maximum atomic E-state index is 14.5. The van der Waals surface area contributed by atoms with Gasteiger partial charge in [-0.3, -0.25) is 4.79 Å². The zero-order valence-corrected chi connectivity index (χ0v) is 19.8. The second-order valence-electron chi connectivity index (χ2n) is 8.80. The maximum absolute atomic E-state index is 14.5. The molecule has 0 aliphatic heterocycles. The van der Waals surface area contributed by atoms with Gasteiger partial charge >= 0.3 is 5.97 Å². The van der Waals surface area contributed by atoms with Gasteiger partial charge in [0.25, 0.3) is 0 Å². The van der Waals surface area contributed by atoms with Crippen LogP contribution in [0.1, 0.15) is 88.3 Å². The van der Waals surface area contributed by atoms with Crippen LogP contribution in [0.3, 0.4) is 0 Å². The Balaban J connectivity index is 1.55. The summed E-state index contributed by atoms with van der Waals surface area (Å²) in [5.41, 5.74) is 2.01. The van der Waals surface area contributed by atoms with Gasteiger partial charge in [-0.25, -0.2) is 4.39 Å². The molecule has 3 heteroatoms. The van der Waals surface area contributed by atoms with Gasteiger partial charge in [0.05, 0.1) is 11.5 Å². The Morgan fingerprint density at radius 3 is 2.27 bits per heavy atom. The SMILES string of the molecule is CCCC#Cc1ccc(C#Cc2ccc(OC(=O)C3CCC(CCCC)CC3)cc2F)cc1. The molecule has 0 spiro atoms. The molecule has 2 aromatic rings. The molecule has 0 aromatic heterocycles. The highest BCUT2D eigenvalue weighted by atomic mass is 19.1. The zero-order valence-electron chi connectivity index (χ0n) is 19.8. The molecular formula is C30H33FO2. The lowest BCUT2D eigenvalue weighted by atomic mass is 9.80. The van der Waals surface area contributed by atoms with E-state index in [9.17, 15) is 9.18 Å². The Morgan fingerprint density at radius 2 is 1.64 bits per heavy atom. The fourth-order valence-electron chi connectivity index (χ4n) is 4.11. The second-order valence-corrected chi connectivity index (χ2v) is 8.80. The molecule has 1 fully saturated rings. The van der Waals surface area contributed by atoms with Crippen molar-refractivity contribution in [2.45, 2.75) is 71.6 Å². The predicted molar refractivity (Wildman–Crippen MR) is 131 cm³/mol. The number of hydrogen-bond acceptors (Lipinski definition) is 2. The molecule has 0 saturated heterocycles. The van der Waals surface area contributed by atoms with Crippen molar-refractivity contribution in [3.63, 3.8) is 0 Å². The standard InChI is InChI=1S/C30H33FO2/c1-3-5-7-9-24-10-12-25(13-11-24)14-17-26-20-21-28(22-29(26)31)33-30(32)27-18-15-23(16-19-27)8-6-4-2/h10-13,20-23,27H,3-6,8,15-16,18-19H2,1-2H3. The summed E-state index contributed by atoms with van der Waals surface area (Å²) in [4.78, 5) is 12.5. The summed E-state index contributed by atoms with van der Waals surface area (Å²) in [7, 11) is 0. The van der Waals surface area contributed by atoms with Crippen LogP contribution >= 0.6 is 0 Å². The minimum Gasteiger partial charge on any atom is -0.426 e. The number of rotatable bonds is 6. The first kappa shape index (κ1) is 24.6. The summed E-state index contributed by atoms with van der Waals surface area (Å²) in [5.74, 6) is 12.2. The molecule has 2 nitrogen and oxygen atoms in total. The molecule has 0 atom stereocenters. The van der Waals surface area contributed by atoms with E-state index < -0.39 is 5.82 Å². The molecule has 1 aliphatic rings. The molecular weight excluding hydrogens is 411 g/mol. The van der Waals surface area contributed by atoms with Gasteiger partial charge in [-0.2, -0.15) is 0 Å². The quantitative estimate of drug-likeness (QED) is 0.266. The van der Waals surface area contributed by atoms with Crippen LogP contribution in [0.5, 0.6) is 5.75 Å². The summed E-state index contributed by atoms with van der Waals surface area (Å²) in [5, 5.41) is 0. The van der Waals surface area contributed by atoms with E-state index in [1.54, 1.807) is 12.1 Å². The molecule has 3 rings (SSSR count). The van der Waals surface area contributed by atoms with E-state index >= 15 is 0 Å². The van der Waals surface area contributed by atoms with E-state index in [1.807, 2.05) is 24.3 Å². The Kier molecular flexibility index (Phi) is 9.59. The average Bonchev–Trinajstić information content (AvgIpc) is 2.83. The summed E-state index contributed by atoms with van der Waals surface area (Å²) < 4.78 is 20.0. The molecule has 0 unspecified atom stereocenters. The van der Waals surface area contributed by atoms with E-state index in [2.05, 4.69) is 37.5 Å². The highest BCUT2D eigenvalue weighted by molar-refractivity contribution is 5.75. The third kappa shape index (κ3) is 7.80. The van der Waals surface area contributed by atoms with Gasteiger partial charge in [-0.05, 0) is 74.4 Å². The lowest BCUT2D eigenvalue weighted by Crippen LogP contribution is -2.25. The maximum Gasteiger partial charge on any atom is 0.314 e. The molecule has 1 aliphatic carbocycles. The molecule has 33 heavy (non-hydrogen) atoms. The van der Waals surface area contributed by atoms with Gasteiger partial charge in [0.1, 0.15) is 11.6 Å². The van der Waals surface area contributed by atoms with Crippen LogP contribution in [0.2, 0.25) is 0 Å². The normalized spacial score (nSPS) is 17.3. The third-order valence-corrected chi connectivity index (χ3v) is 6.14. The van der Waals surface area contributed by atoms with Crippen LogP contribution < -0.4 is 4.74 Å². The summed E-state index contributed by atoms with van der Waals surface area (Å²) >= 11 is 0. The van der Waals surface area contributed by atoms with Crippen molar-refractivity contribution in [2.75, 3.05) is 0 Å². The Hall–Kier alpha value is -3.04. The van der Waals surface area contributed by atoms with Crippen LogP contribution in [0, 0.1) is 41.3 Å². The number of carbonyl (C=O) groups excluding carboxylic acids is 1. The number of unbranched alkanes of at least 4 members (excludes halogenated alkanes) is 2. The van der Waals surface area contributed by atoms with E-state index in [1.165, 1.54) is 25.3 Å². The molecule has 0 bridgehead atoms. The van der Waals surface area contributed by atoms with Crippen LogP contribution in [0.25, 0.3) is 0 Å². The van der Waals surface area contributed by atoms with Gasteiger partial charge in [-0.1, -0.05) is 56.8 Å². The molecule has 0 heterocycles. The molecule has 0 radical (unpaired) electrons. The van der Waals surface area contributed by atoms with E-state index in [0.717, 1.165) is 55.6 Å². The monoisotopic (exact) mass is 444 g/mol. The van der Waals surface area contributed by atoms with Gasteiger partial charge in [0.15, 0.2) is 0 Å².